The Morgan fingerprint density at radius 2 is 2.08 bits per heavy atom. The predicted octanol–water partition coefficient (Wildman–Crippen LogP) is 4.48. The Morgan fingerprint density at radius 1 is 1.27 bits per heavy atom. The number of carbonyl (C=O) groups excluding carboxylic acids is 1. The Bertz CT molecular complexity index is 860. The summed E-state index contributed by atoms with van der Waals surface area (Å²) < 4.78 is 40.6. The molecule has 2 heterocycles. The molecule has 1 aliphatic rings. The van der Waals surface area contributed by atoms with Gasteiger partial charge in [0, 0.05) is 6.08 Å². The number of hydrogen-bond acceptors (Lipinski definition) is 6. The molecule has 0 saturated heterocycles. The molecule has 0 unspecified atom stereocenters. The number of aliphatic imine (C=N–C) groups is 1. The maximum Gasteiger partial charge on any atom is 0.363 e. The van der Waals surface area contributed by atoms with Gasteiger partial charge in [-0.3, -0.25) is 0 Å². The van der Waals surface area contributed by atoms with Crippen LogP contribution in [0, 0.1) is 0 Å². The lowest BCUT2D eigenvalue weighted by molar-refractivity contribution is -0.129. The Hall–Kier alpha value is -2.61. The molecule has 0 amide bonds. The van der Waals surface area contributed by atoms with E-state index in [1.54, 1.807) is 30.3 Å². The van der Waals surface area contributed by atoms with E-state index < -0.39 is 11.7 Å². The highest BCUT2D eigenvalue weighted by atomic mass is 32.2. The standard InChI is InChI=1S/C18H15F2NO4S/c1-2-23-15-6-4-3-5-13(15)16-21-14(17(22)25-16)9-11-7-8-12(24-11)10-26-18(19)20/h3-9,18H,2,10H2,1H3/b14-9-. The van der Waals surface area contributed by atoms with Crippen LogP contribution in [0.4, 0.5) is 8.78 Å². The number of ether oxygens (including phenoxy) is 2. The van der Waals surface area contributed by atoms with Gasteiger partial charge in [-0.25, -0.2) is 9.79 Å². The van der Waals surface area contributed by atoms with Crippen LogP contribution < -0.4 is 4.74 Å². The first kappa shape index (κ1) is 18.2. The lowest BCUT2D eigenvalue weighted by atomic mass is 10.2. The summed E-state index contributed by atoms with van der Waals surface area (Å²) in [5.41, 5.74) is 0.633. The van der Waals surface area contributed by atoms with Crippen molar-refractivity contribution in [3.63, 3.8) is 0 Å². The highest BCUT2D eigenvalue weighted by Gasteiger charge is 2.26. The van der Waals surface area contributed by atoms with Gasteiger partial charge in [-0.2, -0.15) is 8.78 Å². The summed E-state index contributed by atoms with van der Waals surface area (Å²) in [5.74, 6) is -1.61. The average molecular weight is 379 g/mol. The van der Waals surface area contributed by atoms with Gasteiger partial charge < -0.3 is 13.9 Å². The van der Waals surface area contributed by atoms with Crippen LogP contribution in [0.25, 0.3) is 6.08 Å². The molecule has 5 nitrogen and oxygen atoms in total. The van der Waals surface area contributed by atoms with Crippen LogP contribution in [0.2, 0.25) is 0 Å². The van der Waals surface area contributed by atoms with Crippen molar-refractivity contribution in [3.05, 3.63) is 59.2 Å². The van der Waals surface area contributed by atoms with E-state index in [0.29, 0.717) is 41.2 Å². The van der Waals surface area contributed by atoms with Gasteiger partial charge in [0.2, 0.25) is 5.90 Å². The molecule has 1 aliphatic heterocycles. The fourth-order valence-electron chi connectivity index (χ4n) is 2.28. The minimum absolute atomic E-state index is 0.0432. The van der Waals surface area contributed by atoms with Gasteiger partial charge in [0.05, 0.1) is 17.9 Å². The van der Waals surface area contributed by atoms with Crippen LogP contribution in [-0.4, -0.2) is 24.2 Å². The first-order chi connectivity index (χ1) is 12.6. The quantitative estimate of drug-likeness (QED) is 0.524. The van der Waals surface area contributed by atoms with Crippen molar-refractivity contribution in [2.24, 2.45) is 4.99 Å². The summed E-state index contributed by atoms with van der Waals surface area (Å²) in [7, 11) is 0. The van der Waals surface area contributed by atoms with Crippen molar-refractivity contribution in [3.8, 4) is 5.75 Å². The molecular weight excluding hydrogens is 364 g/mol. The molecule has 0 saturated carbocycles. The second-order valence-corrected chi connectivity index (χ2v) is 6.12. The molecule has 1 aromatic carbocycles. The Labute approximate surface area is 152 Å². The van der Waals surface area contributed by atoms with Crippen LogP contribution in [0.1, 0.15) is 24.0 Å². The zero-order valence-electron chi connectivity index (χ0n) is 13.8. The van der Waals surface area contributed by atoms with E-state index in [2.05, 4.69) is 4.99 Å². The lowest BCUT2D eigenvalue weighted by Gasteiger charge is -2.08. The van der Waals surface area contributed by atoms with E-state index in [4.69, 9.17) is 13.9 Å². The van der Waals surface area contributed by atoms with Gasteiger partial charge in [-0.15, -0.1) is 0 Å². The first-order valence-corrected chi connectivity index (χ1v) is 8.85. The van der Waals surface area contributed by atoms with Crippen molar-refractivity contribution in [2.75, 3.05) is 6.61 Å². The summed E-state index contributed by atoms with van der Waals surface area (Å²) in [5, 5.41) is 0. The first-order valence-electron chi connectivity index (χ1n) is 7.80. The van der Waals surface area contributed by atoms with Gasteiger partial charge in [-0.1, -0.05) is 23.9 Å². The molecule has 26 heavy (non-hydrogen) atoms. The van der Waals surface area contributed by atoms with E-state index in [9.17, 15) is 13.6 Å². The number of alkyl halides is 2. The number of nitrogens with zero attached hydrogens (tertiary/aromatic N) is 1. The summed E-state index contributed by atoms with van der Waals surface area (Å²) >= 11 is 0.464. The van der Waals surface area contributed by atoms with Crippen molar-refractivity contribution in [2.45, 2.75) is 18.4 Å². The molecule has 0 aliphatic carbocycles. The van der Waals surface area contributed by atoms with Crippen molar-refractivity contribution < 1.29 is 27.5 Å². The number of esters is 1. The fraction of sp³-hybridized carbons (Fsp3) is 0.222. The molecule has 0 spiro atoms. The van der Waals surface area contributed by atoms with E-state index in [-0.39, 0.29) is 17.3 Å². The number of hydrogen-bond donors (Lipinski definition) is 0. The number of halogens is 2. The molecule has 0 radical (unpaired) electrons. The predicted molar refractivity (Wildman–Crippen MR) is 94.2 cm³/mol. The highest BCUT2D eigenvalue weighted by molar-refractivity contribution is 7.98. The van der Waals surface area contributed by atoms with Crippen molar-refractivity contribution in [1.82, 2.24) is 0 Å². The van der Waals surface area contributed by atoms with Crippen LogP contribution in [-0.2, 0) is 15.3 Å². The van der Waals surface area contributed by atoms with Gasteiger partial charge in [0.25, 0.3) is 5.76 Å². The molecule has 2 aromatic rings. The SMILES string of the molecule is CCOc1ccccc1C1=N/C(=C\c2ccc(CSC(F)F)o2)C(=O)O1. The Kier molecular flexibility index (Phi) is 5.72. The third-order valence-corrected chi connectivity index (χ3v) is 4.05. The Balaban J connectivity index is 1.81. The topological polar surface area (TPSA) is 61.0 Å². The average Bonchev–Trinajstić information content (AvgIpc) is 3.21. The van der Waals surface area contributed by atoms with Crippen molar-refractivity contribution in [1.29, 1.82) is 0 Å². The van der Waals surface area contributed by atoms with E-state index in [1.165, 1.54) is 6.08 Å². The number of cyclic esters (lactones) is 1. The summed E-state index contributed by atoms with van der Waals surface area (Å²) in [6.45, 7) is 2.32. The number of thioether (sulfide) groups is 1. The van der Waals surface area contributed by atoms with Crippen LogP contribution in [0.3, 0.4) is 0 Å². The molecule has 136 valence electrons. The monoisotopic (exact) mass is 379 g/mol. The van der Waals surface area contributed by atoms with Gasteiger partial charge in [0.15, 0.2) is 5.70 Å². The molecule has 3 rings (SSSR count). The fourth-order valence-corrected chi connectivity index (χ4v) is 2.72. The van der Waals surface area contributed by atoms with E-state index in [0.717, 1.165) is 0 Å². The molecule has 0 bridgehead atoms. The third kappa shape index (κ3) is 4.32. The van der Waals surface area contributed by atoms with Gasteiger partial charge >= 0.3 is 5.97 Å². The van der Waals surface area contributed by atoms with Crippen molar-refractivity contribution >= 4 is 29.7 Å². The second-order valence-electron chi connectivity index (χ2n) is 5.14. The lowest BCUT2D eigenvalue weighted by Crippen LogP contribution is -2.07. The molecule has 0 fully saturated rings. The van der Waals surface area contributed by atoms with Crippen LogP contribution >= 0.6 is 11.8 Å². The summed E-state index contributed by atoms with van der Waals surface area (Å²) in [6.07, 6.45) is 1.41. The minimum Gasteiger partial charge on any atom is -0.493 e. The van der Waals surface area contributed by atoms with Gasteiger partial charge in [-0.05, 0) is 31.2 Å². The minimum atomic E-state index is -2.47. The number of rotatable bonds is 7. The molecular formula is C18H15F2NO4S. The second kappa shape index (κ2) is 8.18. The summed E-state index contributed by atoms with van der Waals surface area (Å²) in [4.78, 5) is 16.3. The number of benzene rings is 1. The molecule has 0 N–H and O–H groups in total. The maximum absolute atomic E-state index is 12.2. The van der Waals surface area contributed by atoms with E-state index >= 15 is 0 Å². The molecule has 0 atom stereocenters. The molecule has 1 aromatic heterocycles. The number of furan rings is 1. The zero-order chi connectivity index (χ0) is 18.5. The maximum atomic E-state index is 12.2. The zero-order valence-corrected chi connectivity index (χ0v) is 14.6. The third-order valence-electron chi connectivity index (χ3n) is 3.35. The summed E-state index contributed by atoms with van der Waals surface area (Å²) in [6, 6.07) is 10.3. The number of para-hydroxylation sites is 1. The largest absolute Gasteiger partial charge is 0.493 e. The highest BCUT2D eigenvalue weighted by Crippen LogP contribution is 2.26. The number of carbonyl (C=O) groups is 1. The Morgan fingerprint density at radius 3 is 2.85 bits per heavy atom. The smallest absolute Gasteiger partial charge is 0.363 e. The van der Waals surface area contributed by atoms with Gasteiger partial charge in [0.1, 0.15) is 17.3 Å². The normalized spacial score (nSPS) is 15.5. The molecule has 8 heteroatoms. The van der Waals surface area contributed by atoms with E-state index in [1.807, 2.05) is 13.0 Å². The van der Waals surface area contributed by atoms with Crippen LogP contribution in [0.15, 0.2) is 51.5 Å². The van der Waals surface area contributed by atoms with Crippen LogP contribution in [0.5, 0.6) is 5.75 Å².